The van der Waals surface area contributed by atoms with Gasteiger partial charge >= 0.3 is 0 Å². The highest BCUT2D eigenvalue weighted by molar-refractivity contribution is 9.10. The van der Waals surface area contributed by atoms with E-state index < -0.39 is 6.04 Å². The van der Waals surface area contributed by atoms with Crippen molar-refractivity contribution < 1.29 is 4.79 Å². The Morgan fingerprint density at radius 1 is 1.32 bits per heavy atom. The molecule has 1 amide bonds. The molecule has 2 rings (SSSR count). The van der Waals surface area contributed by atoms with Crippen LogP contribution in [0.15, 0.2) is 16.6 Å². The van der Waals surface area contributed by atoms with Crippen molar-refractivity contribution in [2.24, 2.45) is 5.73 Å². The van der Waals surface area contributed by atoms with Crippen LogP contribution >= 0.6 is 15.9 Å². The van der Waals surface area contributed by atoms with E-state index in [0.29, 0.717) is 0 Å². The topological polar surface area (TPSA) is 61.6 Å². The zero-order valence-electron chi connectivity index (χ0n) is 11.4. The van der Waals surface area contributed by atoms with E-state index in [1.54, 1.807) is 0 Å². The number of nitrogens with one attached hydrogen (secondary N) is 1. The molecule has 0 aromatic heterocycles. The molecule has 1 aromatic rings. The molecule has 5 nitrogen and oxygen atoms in total. The summed E-state index contributed by atoms with van der Waals surface area (Å²) in [6.07, 6.45) is 0. The fourth-order valence-corrected chi connectivity index (χ4v) is 2.72. The van der Waals surface area contributed by atoms with Crippen LogP contribution in [-0.2, 0) is 4.79 Å². The van der Waals surface area contributed by atoms with Crippen LogP contribution in [0.1, 0.15) is 11.6 Å². The second kappa shape index (κ2) is 5.48. The number of hydrogen-bond acceptors (Lipinski definition) is 4. The number of fused-ring (bicyclic) bond motifs is 1. The summed E-state index contributed by atoms with van der Waals surface area (Å²) in [6, 6.07) is 3.34. The van der Waals surface area contributed by atoms with Gasteiger partial charge < -0.3 is 20.9 Å². The van der Waals surface area contributed by atoms with Gasteiger partial charge in [0.2, 0.25) is 5.91 Å². The number of nitrogens with zero attached hydrogens (tertiary/aromatic N) is 2. The number of amides is 1. The van der Waals surface area contributed by atoms with Gasteiger partial charge in [0, 0.05) is 35.9 Å². The lowest BCUT2D eigenvalue weighted by atomic mass is 10.1. The lowest BCUT2D eigenvalue weighted by Gasteiger charge is -2.23. The fraction of sp³-hybridized carbons (Fsp3) is 0.462. The number of carbonyl (C=O) groups excluding carboxylic acids is 1. The van der Waals surface area contributed by atoms with E-state index in [1.807, 2.05) is 33.3 Å². The van der Waals surface area contributed by atoms with E-state index in [9.17, 15) is 4.79 Å². The lowest BCUT2D eigenvalue weighted by molar-refractivity contribution is -0.116. The molecule has 0 saturated heterocycles. The molecule has 104 valence electrons. The first-order valence-electron chi connectivity index (χ1n) is 6.16. The van der Waals surface area contributed by atoms with Crippen molar-refractivity contribution in [3.63, 3.8) is 0 Å². The smallest absolute Gasteiger partial charge is 0.245 e. The van der Waals surface area contributed by atoms with Gasteiger partial charge in [-0.05, 0) is 42.2 Å². The molecule has 1 aromatic carbocycles. The van der Waals surface area contributed by atoms with Crippen LogP contribution in [0.2, 0.25) is 0 Å². The average Bonchev–Trinajstić information content (AvgIpc) is 2.61. The third-order valence-electron chi connectivity index (χ3n) is 3.29. The summed E-state index contributed by atoms with van der Waals surface area (Å²) < 4.78 is 0.958. The number of nitrogens with two attached hydrogens (primary N) is 1. The monoisotopic (exact) mass is 326 g/mol. The molecule has 1 aliphatic rings. The van der Waals surface area contributed by atoms with Crippen LogP contribution < -0.4 is 16.0 Å². The maximum absolute atomic E-state index is 11.6. The highest BCUT2D eigenvalue weighted by atomic mass is 79.9. The number of hydrogen-bond donors (Lipinski definition) is 2. The molecule has 6 heteroatoms. The second-order valence-electron chi connectivity index (χ2n) is 5.08. The standard InChI is InChI=1S/C13H19BrN4O/c1-17(2)4-5-18(3)11-7-10-8(6-9(11)14)12(15)13(19)16-10/h6-7,12H,4-5,15H2,1-3H3,(H,16,19). The Morgan fingerprint density at radius 2 is 2.00 bits per heavy atom. The number of benzene rings is 1. The van der Waals surface area contributed by atoms with E-state index in [4.69, 9.17) is 5.73 Å². The maximum atomic E-state index is 11.6. The Kier molecular flexibility index (Phi) is 4.13. The van der Waals surface area contributed by atoms with Crippen molar-refractivity contribution in [1.82, 2.24) is 4.90 Å². The van der Waals surface area contributed by atoms with Crippen molar-refractivity contribution in [3.8, 4) is 0 Å². The first kappa shape index (κ1) is 14.3. The number of halogens is 1. The first-order chi connectivity index (χ1) is 8.90. The molecule has 1 aliphatic heterocycles. The largest absolute Gasteiger partial charge is 0.372 e. The van der Waals surface area contributed by atoms with Crippen molar-refractivity contribution in [3.05, 3.63) is 22.2 Å². The minimum absolute atomic E-state index is 0.144. The lowest BCUT2D eigenvalue weighted by Crippen LogP contribution is -2.28. The molecule has 1 unspecified atom stereocenters. The Labute approximate surface area is 121 Å². The van der Waals surface area contributed by atoms with Gasteiger partial charge in [0.15, 0.2) is 0 Å². The quantitative estimate of drug-likeness (QED) is 0.878. The van der Waals surface area contributed by atoms with Crippen LogP contribution in [0.25, 0.3) is 0 Å². The second-order valence-corrected chi connectivity index (χ2v) is 5.94. The molecular formula is C13H19BrN4O. The van der Waals surface area contributed by atoms with Gasteiger partial charge in [-0.1, -0.05) is 0 Å². The minimum Gasteiger partial charge on any atom is -0.372 e. The molecule has 0 radical (unpaired) electrons. The van der Waals surface area contributed by atoms with E-state index in [-0.39, 0.29) is 5.91 Å². The summed E-state index contributed by atoms with van der Waals surface area (Å²) >= 11 is 3.56. The molecule has 0 fully saturated rings. The van der Waals surface area contributed by atoms with Gasteiger partial charge in [-0.3, -0.25) is 4.79 Å². The third kappa shape index (κ3) is 2.91. The summed E-state index contributed by atoms with van der Waals surface area (Å²) in [5.74, 6) is -0.144. The van der Waals surface area contributed by atoms with Crippen LogP contribution in [0, 0.1) is 0 Å². The molecule has 1 heterocycles. The number of carbonyl (C=O) groups is 1. The molecule has 0 saturated carbocycles. The van der Waals surface area contributed by atoms with Gasteiger partial charge in [0.25, 0.3) is 0 Å². The van der Waals surface area contributed by atoms with E-state index in [1.165, 1.54) is 0 Å². The molecule has 3 N–H and O–H groups in total. The highest BCUT2D eigenvalue weighted by Gasteiger charge is 2.28. The Bertz CT molecular complexity index is 504. The highest BCUT2D eigenvalue weighted by Crippen LogP contribution is 2.37. The van der Waals surface area contributed by atoms with E-state index >= 15 is 0 Å². The minimum atomic E-state index is -0.563. The van der Waals surface area contributed by atoms with Gasteiger partial charge in [0.05, 0.1) is 5.69 Å². The summed E-state index contributed by atoms with van der Waals surface area (Å²) in [5, 5.41) is 2.81. The zero-order chi connectivity index (χ0) is 14.2. The van der Waals surface area contributed by atoms with E-state index in [2.05, 4.69) is 31.0 Å². The molecule has 0 aliphatic carbocycles. The summed E-state index contributed by atoms with van der Waals surface area (Å²) in [4.78, 5) is 15.9. The van der Waals surface area contributed by atoms with Gasteiger partial charge in [0.1, 0.15) is 6.04 Å². The number of likely N-dealkylation sites (N-methyl/N-ethyl adjacent to an activating group) is 2. The maximum Gasteiger partial charge on any atom is 0.245 e. The van der Waals surface area contributed by atoms with Crippen LogP contribution in [0.5, 0.6) is 0 Å². The number of rotatable bonds is 4. The Balaban J connectivity index is 2.24. The number of anilines is 2. The molecular weight excluding hydrogens is 308 g/mol. The van der Waals surface area contributed by atoms with E-state index in [0.717, 1.165) is 34.5 Å². The fourth-order valence-electron chi connectivity index (χ4n) is 2.06. The summed E-state index contributed by atoms with van der Waals surface area (Å²) in [6.45, 7) is 1.87. The van der Waals surface area contributed by atoms with Gasteiger partial charge in [-0.25, -0.2) is 0 Å². The summed E-state index contributed by atoms with van der Waals surface area (Å²) in [5.41, 5.74) is 8.54. The predicted octanol–water partition coefficient (Wildman–Crippen LogP) is 1.40. The SMILES string of the molecule is CN(C)CCN(C)c1cc2c(cc1Br)C(N)C(=O)N2. The molecule has 0 spiro atoms. The normalized spacial score (nSPS) is 17.6. The third-order valence-corrected chi connectivity index (χ3v) is 3.92. The van der Waals surface area contributed by atoms with Gasteiger partial charge in [-0.15, -0.1) is 0 Å². The molecule has 1 atom stereocenters. The summed E-state index contributed by atoms with van der Waals surface area (Å²) in [7, 11) is 6.13. The predicted molar refractivity (Wildman–Crippen MR) is 81.5 cm³/mol. The Morgan fingerprint density at radius 3 is 2.63 bits per heavy atom. The van der Waals surface area contributed by atoms with Crippen molar-refractivity contribution in [2.45, 2.75) is 6.04 Å². The Hall–Kier alpha value is -1.11. The van der Waals surface area contributed by atoms with Crippen molar-refractivity contribution in [2.75, 3.05) is 44.4 Å². The average molecular weight is 327 g/mol. The molecule has 0 bridgehead atoms. The van der Waals surface area contributed by atoms with Crippen LogP contribution in [0.4, 0.5) is 11.4 Å². The van der Waals surface area contributed by atoms with Crippen molar-refractivity contribution >= 4 is 33.2 Å². The van der Waals surface area contributed by atoms with Crippen molar-refractivity contribution in [1.29, 1.82) is 0 Å². The first-order valence-corrected chi connectivity index (χ1v) is 6.95. The molecule has 19 heavy (non-hydrogen) atoms. The zero-order valence-corrected chi connectivity index (χ0v) is 13.0. The van der Waals surface area contributed by atoms with Crippen LogP contribution in [-0.4, -0.2) is 45.0 Å². The van der Waals surface area contributed by atoms with Crippen LogP contribution in [0.3, 0.4) is 0 Å². The van der Waals surface area contributed by atoms with Gasteiger partial charge in [-0.2, -0.15) is 0 Å².